The highest BCUT2D eigenvalue weighted by Gasteiger charge is 2.50. The average Bonchev–Trinajstić information content (AvgIpc) is 3.55. The summed E-state index contributed by atoms with van der Waals surface area (Å²) < 4.78 is 59.6. The third-order valence-electron chi connectivity index (χ3n) is 5.37. The molecule has 2 aromatic carbocycles. The van der Waals surface area contributed by atoms with E-state index in [-0.39, 0.29) is 16.2 Å². The normalized spacial score (nSPS) is 14.9. The third-order valence-corrected chi connectivity index (χ3v) is 6.77. The molecule has 3 N–H and O–H groups in total. The topological polar surface area (TPSA) is 113 Å². The van der Waals surface area contributed by atoms with E-state index in [1.807, 2.05) is 24.3 Å². The third kappa shape index (κ3) is 6.49. The Bertz CT molecular complexity index is 1130. The molecule has 186 valence electrons. The lowest BCUT2D eigenvalue weighted by molar-refractivity contribution is -0.192. The van der Waals surface area contributed by atoms with Gasteiger partial charge in [0.1, 0.15) is 0 Å². The molecule has 7 nitrogen and oxygen atoms in total. The first-order valence-corrected chi connectivity index (χ1v) is 11.8. The number of carbonyl (C=O) groups excluding carboxylic acids is 1. The van der Waals surface area contributed by atoms with Crippen LogP contribution in [0.1, 0.15) is 44.7 Å². The zero-order chi connectivity index (χ0) is 25.9. The number of carboxylic acid groups (broad SMARTS) is 1. The fraction of sp³-hybridized carbons (Fsp3) is 0.391. The van der Waals surface area contributed by atoms with E-state index in [1.165, 1.54) is 0 Å². The van der Waals surface area contributed by atoms with Crippen LogP contribution in [0, 0.1) is 0 Å². The molecule has 0 spiro atoms. The maximum absolute atomic E-state index is 12.6. The monoisotopic (exact) mass is 500 g/mol. The van der Waals surface area contributed by atoms with Crippen molar-refractivity contribution in [1.29, 1.82) is 0 Å². The first-order chi connectivity index (χ1) is 15.5. The standard InChI is InChI=1S/C21H26N2O3S.C2HF3O2/c1-20(2,3)15-7-11-18(12-8-15)27(25,26)23-17-9-5-16(6-10-17)21(13-14-21)19(24)22-4;3-2(4,5)1(6)7/h5-12,23H,13-14H2,1-4H3,(H,22,24);(H,6,7). The van der Waals surface area contributed by atoms with Crippen LogP contribution in [0.15, 0.2) is 53.4 Å². The Hall–Kier alpha value is -3.08. The molecule has 0 aromatic heterocycles. The summed E-state index contributed by atoms with van der Waals surface area (Å²) in [5.41, 5.74) is 1.99. The minimum atomic E-state index is -5.08. The first-order valence-electron chi connectivity index (χ1n) is 10.3. The van der Waals surface area contributed by atoms with Crippen molar-refractivity contribution in [3.05, 3.63) is 59.7 Å². The fourth-order valence-electron chi connectivity index (χ4n) is 3.22. The highest BCUT2D eigenvalue weighted by molar-refractivity contribution is 7.92. The van der Waals surface area contributed by atoms with Gasteiger partial charge in [-0.15, -0.1) is 0 Å². The van der Waals surface area contributed by atoms with Gasteiger partial charge in [-0.2, -0.15) is 13.2 Å². The number of halogens is 3. The van der Waals surface area contributed by atoms with Gasteiger partial charge in [-0.05, 0) is 53.6 Å². The molecule has 0 saturated heterocycles. The number of alkyl halides is 3. The Morgan fingerprint density at radius 1 is 0.941 bits per heavy atom. The van der Waals surface area contributed by atoms with Crippen molar-refractivity contribution in [2.75, 3.05) is 11.8 Å². The van der Waals surface area contributed by atoms with E-state index < -0.39 is 27.6 Å². The van der Waals surface area contributed by atoms with Crippen molar-refractivity contribution in [3.63, 3.8) is 0 Å². The van der Waals surface area contributed by atoms with Crippen LogP contribution in [0.3, 0.4) is 0 Å². The van der Waals surface area contributed by atoms with E-state index in [4.69, 9.17) is 9.90 Å². The number of carbonyl (C=O) groups is 2. The second kappa shape index (κ2) is 9.65. The zero-order valence-corrected chi connectivity index (χ0v) is 20.0. The second-order valence-corrected chi connectivity index (χ2v) is 10.6. The van der Waals surface area contributed by atoms with Crippen LogP contribution >= 0.6 is 0 Å². The number of hydrogen-bond acceptors (Lipinski definition) is 4. The van der Waals surface area contributed by atoms with E-state index in [0.29, 0.717) is 5.69 Å². The maximum atomic E-state index is 12.6. The van der Waals surface area contributed by atoms with Crippen LogP contribution in [0.2, 0.25) is 0 Å². The molecular formula is C23H27F3N2O5S. The Kier molecular flexibility index (Phi) is 7.71. The van der Waals surface area contributed by atoms with Crippen LogP contribution in [-0.2, 0) is 30.4 Å². The number of likely N-dealkylation sites (N-methyl/N-ethyl adjacent to an activating group) is 1. The lowest BCUT2D eigenvalue weighted by atomic mass is 9.87. The van der Waals surface area contributed by atoms with Crippen LogP contribution < -0.4 is 10.0 Å². The summed E-state index contributed by atoms with van der Waals surface area (Å²) in [6.07, 6.45) is -3.45. The van der Waals surface area contributed by atoms with E-state index in [0.717, 1.165) is 24.0 Å². The number of hydrogen-bond donors (Lipinski definition) is 3. The van der Waals surface area contributed by atoms with Crippen molar-refractivity contribution in [2.24, 2.45) is 0 Å². The van der Waals surface area contributed by atoms with E-state index in [2.05, 4.69) is 30.8 Å². The molecule has 2 aromatic rings. The molecule has 0 unspecified atom stereocenters. The van der Waals surface area contributed by atoms with E-state index in [1.54, 1.807) is 31.3 Å². The maximum Gasteiger partial charge on any atom is 0.490 e. The summed E-state index contributed by atoms with van der Waals surface area (Å²) >= 11 is 0. The smallest absolute Gasteiger partial charge is 0.475 e. The second-order valence-electron chi connectivity index (χ2n) is 8.92. The predicted molar refractivity (Wildman–Crippen MR) is 121 cm³/mol. The van der Waals surface area contributed by atoms with Crippen LogP contribution in [0.25, 0.3) is 0 Å². The first kappa shape index (κ1) is 27.2. The number of amides is 1. The largest absolute Gasteiger partial charge is 0.490 e. The molecule has 34 heavy (non-hydrogen) atoms. The van der Waals surface area contributed by atoms with Gasteiger partial charge >= 0.3 is 12.1 Å². The molecule has 0 heterocycles. The molecule has 3 rings (SSSR count). The highest BCUT2D eigenvalue weighted by atomic mass is 32.2. The molecule has 0 aliphatic heterocycles. The van der Waals surface area contributed by atoms with Gasteiger partial charge in [-0.1, -0.05) is 45.0 Å². The van der Waals surface area contributed by atoms with Crippen LogP contribution in [-0.4, -0.2) is 38.6 Å². The zero-order valence-electron chi connectivity index (χ0n) is 19.2. The van der Waals surface area contributed by atoms with Crippen molar-refractivity contribution in [1.82, 2.24) is 5.32 Å². The number of nitrogens with one attached hydrogen (secondary N) is 2. The summed E-state index contributed by atoms with van der Waals surface area (Å²) in [5.74, 6) is -2.75. The molecular weight excluding hydrogens is 473 g/mol. The summed E-state index contributed by atoms with van der Waals surface area (Å²) in [5, 5.41) is 9.83. The van der Waals surface area contributed by atoms with Crippen molar-refractivity contribution in [2.45, 2.75) is 55.5 Å². The van der Waals surface area contributed by atoms with Crippen LogP contribution in [0.5, 0.6) is 0 Å². The average molecular weight is 501 g/mol. The Morgan fingerprint density at radius 2 is 1.41 bits per heavy atom. The SMILES string of the molecule is CNC(=O)C1(c2ccc(NS(=O)(=O)c3ccc(C(C)(C)C)cc3)cc2)CC1.O=C(O)C(F)(F)F. The lowest BCUT2D eigenvalue weighted by Crippen LogP contribution is -2.31. The van der Waals surface area contributed by atoms with Gasteiger partial charge < -0.3 is 10.4 Å². The summed E-state index contributed by atoms with van der Waals surface area (Å²) in [6.45, 7) is 6.26. The molecule has 1 amide bonds. The molecule has 1 aliphatic rings. The molecule has 0 bridgehead atoms. The fourth-order valence-corrected chi connectivity index (χ4v) is 4.28. The molecule has 0 atom stereocenters. The number of rotatable bonds is 5. The van der Waals surface area contributed by atoms with Gasteiger partial charge in [0.25, 0.3) is 10.0 Å². The molecule has 1 saturated carbocycles. The number of carboxylic acids is 1. The quantitative estimate of drug-likeness (QED) is 0.570. The summed E-state index contributed by atoms with van der Waals surface area (Å²) in [6, 6.07) is 14.0. The molecule has 0 radical (unpaired) electrons. The van der Waals surface area contributed by atoms with E-state index >= 15 is 0 Å². The van der Waals surface area contributed by atoms with Gasteiger partial charge in [0.15, 0.2) is 0 Å². The molecule has 1 fully saturated rings. The highest BCUT2D eigenvalue weighted by Crippen LogP contribution is 2.48. The minimum Gasteiger partial charge on any atom is -0.475 e. The number of aliphatic carboxylic acids is 1. The Labute approximate surface area is 196 Å². The van der Waals surface area contributed by atoms with Crippen molar-refractivity contribution in [3.8, 4) is 0 Å². The van der Waals surface area contributed by atoms with Crippen molar-refractivity contribution >= 4 is 27.6 Å². The number of sulfonamides is 1. The molecule has 1 aliphatic carbocycles. The van der Waals surface area contributed by atoms with Gasteiger partial charge in [0.2, 0.25) is 5.91 Å². The predicted octanol–water partition coefficient (Wildman–Crippen LogP) is 4.20. The molecule has 11 heteroatoms. The van der Waals surface area contributed by atoms with Gasteiger partial charge in [0, 0.05) is 12.7 Å². The summed E-state index contributed by atoms with van der Waals surface area (Å²) in [7, 11) is -2.02. The van der Waals surface area contributed by atoms with Crippen molar-refractivity contribution < 1.29 is 36.3 Å². The van der Waals surface area contributed by atoms with E-state index in [9.17, 15) is 26.4 Å². The van der Waals surface area contributed by atoms with Gasteiger partial charge in [-0.25, -0.2) is 13.2 Å². The van der Waals surface area contributed by atoms with Crippen LogP contribution in [0.4, 0.5) is 18.9 Å². The Morgan fingerprint density at radius 3 is 1.76 bits per heavy atom. The summed E-state index contributed by atoms with van der Waals surface area (Å²) in [4.78, 5) is 21.2. The number of benzene rings is 2. The number of anilines is 1. The van der Waals surface area contributed by atoms with Gasteiger partial charge in [-0.3, -0.25) is 9.52 Å². The minimum absolute atomic E-state index is 0.00905. The lowest BCUT2D eigenvalue weighted by Gasteiger charge is -2.19. The Balaban J connectivity index is 0.000000509. The van der Waals surface area contributed by atoms with Gasteiger partial charge in [0.05, 0.1) is 10.3 Å².